The van der Waals surface area contributed by atoms with E-state index in [4.69, 9.17) is 4.74 Å². The molecule has 0 bridgehead atoms. The molecule has 1 atom stereocenters. The van der Waals surface area contributed by atoms with E-state index in [0.717, 1.165) is 17.7 Å². The summed E-state index contributed by atoms with van der Waals surface area (Å²) in [5, 5.41) is 0. The number of hydrogen-bond donors (Lipinski definition) is 0. The molecule has 142 valence electrons. The van der Waals surface area contributed by atoms with Crippen molar-refractivity contribution >= 4 is 23.6 Å². The Morgan fingerprint density at radius 2 is 2.11 bits per heavy atom. The molecule has 0 radical (unpaired) electrons. The summed E-state index contributed by atoms with van der Waals surface area (Å²) in [5.74, 6) is 0.0953. The minimum atomic E-state index is -0.682. The first kappa shape index (κ1) is 18.4. The number of rotatable bonds is 7. The molecule has 0 amide bonds. The number of carbonyl (C=O) groups excluding carboxylic acids is 2. The van der Waals surface area contributed by atoms with Gasteiger partial charge in [-0.05, 0) is 55.6 Å². The largest absolute Gasteiger partial charge is 0.484 e. The molecule has 0 aliphatic heterocycles. The van der Waals surface area contributed by atoms with Crippen LogP contribution in [0.25, 0.3) is 11.3 Å². The number of carbonyl (C=O) groups is 2. The second kappa shape index (κ2) is 7.55. The fraction of sp³-hybridized carbons (Fsp3) is 0.250. The highest BCUT2D eigenvalue weighted by molar-refractivity contribution is 7.06. The monoisotopic (exact) mass is 397 g/mol. The molecular formula is C20H16FN3O3S. The van der Waals surface area contributed by atoms with Crippen molar-refractivity contribution in [3.05, 3.63) is 58.7 Å². The lowest BCUT2D eigenvalue weighted by atomic mass is 10.1. The van der Waals surface area contributed by atoms with Gasteiger partial charge in [0.05, 0.1) is 16.8 Å². The van der Waals surface area contributed by atoms with Gasteiger partial charge in [0.15, 0.2) is 17.9 Å². The summed E-state index contributed by atoms with van der Waals surface area (Å²) in [4.78, 5) is 31.5. The zero-order valence-electron chi connectivity index (χ0n) is 15.0. The van der Waals surface area contributed by atoms with Gasteiger partial charge in [0, 0.05) is 17.7 Å². The van der Waals surface area contributed by atoms with E-state index >= 15 is 0 Å². The second-order valence-corrected chi connectivity index (χ2v) is 7.44. The molecule has 4 rings (SSSR count). The Labute approximate surface area is 164 Å². The van der Waals surface area contributed by atoms with Gasteiger partial charge in [0.2, 0.25) is 0 Å². The maximum atomic E-state index is 13.8. The number of nitrogens with zero attached hydrogens (tertiary/aromatic N) is 3. The Morgan fingerprint density at radius 3 is 2.75 bits per heavy atom. The van der Waals surface area contributed by atoms with Crippen LogP contribution >= 0.6 is 11.5 Å². The van der Waals surface area contributed by atoms with Crippen molar-refractivity contribution in [1.29, 1.82) is 0 Å². The molecule has 6 nitrogen and oxygen atoms in total. The van der Waals surface area contributed by atoms with Crippen LogP contribution in [0.5, 0.6) is 5.75 Å². The van der Waals surface area contributed by atoms with E-state index in [-0.39, 0.29) is 23.5 Å². The third-order valence-corrected chi connectivity index (χ3v) is 5.40. The highest BCUT2D eigenvalue weighted by Gasteiger charge is 2.31. The predicted octanol–water partition coefficient (Wildman–Crippen LogP) is 4.28. The average Bonchev–Trinajstić information content (AvgIpc) is 3.44. The summed E-state index contributed by atoms with van der Waals surface area (Å²) in [7, 11) is 0. The number of hydrogen-bond acceptors (Lipinski definition) is 7. The highest BCUT2D eigenvalue weighted by atomic mass is 32.1. The van der Waals surface area contributed by atoms with Crippen LogP contribution in [0.1, 0.15) is 51.7 Å². The summed E-state index contributed by atoms with van der Waals surface area (Å²) < 4.78 is 24.0. The van der Waals surface area contributed by atoms with E-state index in [1.54, 1.807) is 24.4 Å². The minimum Gasteiger partial charge on any atom is -0.484 e. The zero-order chi connectivity index (χ0) is 19.7. The maximum Gasteiger partial charge on any atom is 0.184 e. The molecule has 3 aromatic heterocycles. The number of aromatic nitrogens is 3. The number of Topliss-reactive ketones (excluding diaryl/α,β-unsaturated/α-hetero) is 1. The molecular weight excluding hydrogens is 381 g/mol. The average molecular weight is 397 g/mol. The second-order valence-electron chi connectivity index (χ2n) is 6.60. The highest BCUT2D eigenvalue weighted by Crippen LogP contribution is 2.33. The van der Waals surface area contributed by atoms with Crippen molar-refractivity contribution in [2.75, 3.05) is 0 Å². The molecule has 0 N–H and O–H groups in total. The van der Waals surface area contributed by atoms with Gasteiger partial charge in [0.1, 0.15) is 23.2 Å². The van der Waals surface area contributed by atoms with Crippen molar-refractivity contribution < 1.29 is 18.7 Å². The molecule has 0 saturated heterocycles. The van der Waals surface area contributed by atoms with Crippen LogP contribution in [-0.4, -0.2) is 26.4 Å². The van der Waals surface area contributed by atoms with Gasteiger partial charge in [0.25, 0.3) is 0 Å². The van der Waals surface area contributed by atoms with Crippen LogP contribution < -0.4 is 4.74 Å². The van der Waals surface area contributed by atoms with E-state index in [9.17, 15) is 14.0 Å². The Balaban J connectivity index is 1.45. The quantitative estimate of drug-likeness (QED) is 0.437. The van der Waals surface area contributed by atoms with Gasteiger partial charge in [-0.15, -0.1) is 0 Å². The summed E-state index contributed by atoms with van der Waals surface area (Å²) >= 11 is 1.24. The SMILES string of the molecule is CC(Oc1ccc(C(=O)C2CC2)nc1)c1cc(-c2cnc(C=O)c(F)c2)ns1. The molecule has 0 spiro atoms. The maximum absolute atomic E-state index is 13.8. The van der Waals surface area contributed by atoms with Gasteiger partial charge >= 0.3 is 0 Å². The Morgan fingerprint density at radius 1 is 1.29 bits per heavy atom. The first-order valence-electron chi connectivity index (χ1n) is 8.80. The molecule has 1 aliphatic rings. The van der Waals surface area contributed by atoms with E-state index in [0.29, 0.717) is 29.0 Å². The number of ketones is 1. The lowest BCUT2D eigenvalue weighted by Gasteiger charge is -2.12. The number of pyridine rings is 2. The topological polar surface area (TPSA) is 82.0 Å². The zero-order valence-corrected chi connectivity index (χ0v) is 15.8. The van der Waals surface area contributed by atoms with E-state index < -0.39 is 5.82 Å². The number of ether oxygens (including phenoxy) is 1. The number of aldehydes is 1. The Bertz CT molecular complexity index is 1030. The van der Waals surface area contributed by atoms with Crippen LogP contribution in [0.3, 0.4) is 0 Å². The van der Waals surface area contributed by atoms with Crippen molar-refractivity contribution in [2.45, 2.75) is 25.9 Å². The molecule has 28 heavy (non-hydrogen) atoms. The molecule has 1 fully saturated rings. The molecule has 8 heteroatoms. The standard InChI is InChI=1S/C20H16FN3O3S/c1-11(27-14-4-5-16(23-9-14)20(26)12-2-3-12)19-7-17(24-28-19)13-6-15(21)18(10-25)22-8-13/h4-12H,2-3H2,1H3. The van der Waals surface area contributed by atoms with Crippen LogP contribution in [0.2, 0.25) is 0 Å². The summed E-state index contributed by atoms with van der Waals surface area (Å²) in [5.41, 5.74) is 1.29. The van der Waals surface area contributed by atoms with Gasteiger partial charge in [-0.3, -0.25) is 9.59 Å². The minimum absolute atomic E-state index is 0.0909. The van der Waals surface area contributed by atoms with Gasteiger partial charge in [-0.25, -0.2) is 14.4 Å². The lowest BCUT2D eigenvalue weighted by molar-refractivity contribution is 0.0962. The fourth-order valence-corrected chi connectivity index (χ4v) is 3.43. The molecule has 3 aromatic rings. The lowest BCUT2D eigenvalue weighted by Crippen LogP contribution is -2.05. The molecule has 3 heterocycles. The van der Waals surface area contributed by atoms with Gasteiger partial charge in [-0.1, -0.05) is 0 Å². The number of halogens is 1. The van der Waals surface area contributed by atoms with Crippen LogP contribution in [0, 0.1) is 11.7 Å². The van der Waals surface area contributed by atoms with Gasteiger partial charge < -0.3 is 4.74 Å². The van der Waals surface area contributed by atoms with Crippen LogP contribution in [0.4, 0.5) is 4.39 Å². The fourth-order valence-electron chi connectivity index (χ4n) is 2.70. The van der Waals surface area contributed by atoms with Crippen molar-refractivity contribution in [1.82, 2.24) is 14.3 Å². The van der Waals surface area contributed by atoms with Gasteiger partial charge in [-0.2, -0.15) is 4.37 Å². The Kier molecular flexibility index (Phi) is 4.95. The van der Waals surface area contributed by atoms with E-state index in [1.165, 1.54) is 23.8 Å². The molecule has 1 saturated carbocycles. The molecule has 0 aromatic carbocycles. The first-order valence-corrected chi connectivity index (χ1v) is 9.57. The molecule has 1 aliphatic carbocycles. The smallest absolute Gasteiger partial charge is 0.184 e. The third-order valence-electron chi connectivity index (χ3n) is 4.46. The van der Waals surface area contributed by atoms with Crippen LogP contribution in [0.15, 0.2) is 36.7 Å². The summed E-state index contributed by atoms with van der Waals surface area (Å²) in [6.07, 6.45) is 4.92. The van der Waals surface area contributed by atoms with E-state index in [1.807, 2.05) is 6.92 Å². The summed E-state index contributed by atoms with van der Waals surface area (Å²) in [6, 6.07) is 6.45. The van der Waals surface area contributed by atoms with Crippen LogP contribution in [-0.2, 0) is 0 Å². The molecule has 1 unspecified atom stereocenters. The van der Waals surface area contributed by atoms with E-state index in [2.05, 4.69) is 14.3 Å². The van der Waals surface area contributed by atoms with Crippen molar-refractivity contribution in [3.63, 3.8) is 0 Å². The Hall–Kier alpha value is -3.00. The predicted molar refractivity (Wildman–Crippen MR) is 101 cm³/mol. The van der Waals surface area contributed by atoms with Crippen molar-refractivity contribution in [2.24, 2.45) is 5.92 Å². The summed E-state index contributed by atoms with van der Waals surface area (Å²) in [6.45, 7) is 1.87. The normalized spacial score (nSPS) is 14.5. The third kappa shape index (κ3) is 3.82. The van der Waals surface area contributed by atoms with Crippen molar-refractivity contribution in [3.8, 4) is 17.0 Å². The first-order chi connectivity index (χ1) is 13.5.